The molecule has 1 aromatic carbocycles. The van der Waals surface area contributed by atoms with Crippen LogP contribution in [0.4, 0.5) is 0 Å². The van der Waals surface area contributed by atoms with E-state index in [0.29, 0.717) is 0 Å². The second-order valence-electron chi connectivity index (χ2n) is 10.6. The van der Waals surface area contributed by atoms with Gasteiger partial charge < -0.3 is 26.2 Å². The molecule has 38 heavy (non-hydrogen) atoms. The molecular formula is C26H30N2O10. The van der Waals surface area contributed by atoms with Crippen LogP contribution in [0.2, 0.25) is 0 Å². The van der Waals surface area contributed by atoms with E-state index in [1.54, 1.807) is 6.92 Å². The zero-order chi connectivity index (χ0) is 28.6. The van der Waals surface area contributed by atoms with Crippen LogP contribution >= 0.6 is 0 Å². The fraction of sp³-hybridized carbons (Fsp3) is 0.538. The average molecular weight is 531 g/mol. The molecule has 3 aliphatic carbocycles. The van der Waals surface area contributed by atoms with Crippen LogP contribution in [-0.2, 0) is 30.4 Å². The zero-order valence-electron chi connectivity index (χ0n) is 21.3. The van der Waals surface area contributed by atoms with Gasteiger partial charge in [-0.1, -0.05) is 13.8 Å². The molecule has 0 spiro atoms. The van der Waals surface area contributed by atoms with E-state index in [2.05, 4.69) is 0 Å². The molecule has 0 saturated heterocycles. The molecule has 204 valence electrons. The van der Waals surface area contributed by atoms with Crippen molar-refractivity contribution >= 4 is 34.8 Å². The first-order chi connectivity index (χ1) is 17.6. The Labute approximate surface area is 217 Å². The Balaban J connectivity index is 1.94. The number of nitrogens with two attached hydrogens (primary N) is 1. The quantitative estimate of drug-likeness (QED) is 0.280. The summed E-state index contributed by atoms with van der Waals surface area (Å²) in [5.41, 5.74) is 1.71. The monoisotopic (exact) mass is 530 g/mol. The highest BCUT2D eigenvalue weighted by atomic mass is 16.3. The van der Waals surface area contributed by atoms with Crippen molar-refractivity contribution < 1.29 is 49.2 Å². The van der Waals surface area contributed by atoms with Crippen molar-refractivity contribution in [1.29, 1.82) is 0 Å². The van der Waals surface area contributed by atoms with Crippen LogP contribution in [0.5, 0.6) is 11.5 Å². The number of hydrogen-bond acceptors (Lipinski definition) is 11. The number of primary amides is 1. The molecule has 0 bridgehead atoms. The first-order valence-corrected chi connectivity index (χ1v) is 12.2. The van der Waals surface area contributed by atoms with Gasteiger partial charge in [-0.05, 0) is 31.6 Å². The molecule has 0 aromatic heterocycles. The van der Waals surface area contributed by atoms with Gasteiger partial charge >= 0.3 is 0 Å². The molecular weight excluding hydrogens is 500 g/mol. The summed E-state index contributed by atoms with van der Waals surface area (Å²) in [6.07, 6.45) is -2.06. The van der Waals surface area contributed by atoms with Crippen LogP contribution < -0.4 is 5.73 Å². The number of carbonyl (C=O) groups is 6. The molecule has 8 atom stereocenters. The van der Waals surface area contributed by atoms with Gasteiger partial charge in [0.2, 0.25) is 5.91 Å². The molecule has 1 aromatic rings. The number of rotatable bonds is 5. The molecule has 3 aliphatic rings. The number of carbonyl (C=O) groups excluding carboxylic acids is 6. The van der Waals surface area contributed by atoms with E-state index >= 15 is 0 Å². The van der Waals surface area contributed by atoms with E-state index in [9.17, 15) is 49.2 Å². The lowest BCUT2D eigenvalue weighted by molar-refractivity contribution is -0.196. The number of amides is 1. The third kappa shape index (κ3) is 3.47. The van der Waals surface area contributed by atoms with Gasteiger partial charge in [-0.15, -0.1) is 0 Å². The number of phenols is 2. The van der Waals surface area contributed by atoms with Crippen LogP contribution in [0.1, 0.15) is 47.7 Å². The first kappa shape index (κ1) is 27.6. The number of aromatic hydroxyl groups is 2. The first-order valence-electron chi connectivity index (χ1n) is 12.2. The van der Waals surface area contributed by atoms with E-state index in [4.69, 9.17) is 5.73 Å². The van der Waals surface area contributed by atoms with Crippen LogP contribution in [0.25, 0.3) is 0 Å². The fourth-order valence-corrected chi connectivity index (χ4v) is 6.57. The van der Waals surface area contributed by atoms with E-state index in [-0.39, 0.29) is 35.3 Å². The number of Topliss-reactive ketones (excluding diaryl/α,β-unsaturated/α-hetero) is 5. The molecule has 6 N–H and O–H groups in total. The summed E-state index contributed by atoms with van der Waals surface area (Å²) in [5, 5.41) is 44.7. The highest BCUT2D eigenvalue weighted by molar-refractivity contribution is 6.32. The van der Waals surface area contributed by atoms with Crippen LogP contribution in [0.3, 0.4) is 0 Å². The lowest BCUT2D eigenvalue weighted by Gasteiger charge is -2.56. The number of benzene rings is 1. The van der Waals surface area contributed by atoms with E-state index < -0.39 is 87.9 Å². The van der Waals surface area contributed by atoms with Crippen molar-refractivity contribution in [2.75, 3.05) is 14.1 Å². The highest BCUT2D eigenvalue weighted by Crippen LogP contribution is 2.55. The largest absolute Gasteiger partial charge is 0.508 e. The summed E-state index contributed by atoms with van der Waals surface area (Å²) in [5.74, 6) is -15.5. The van der Waals surface area contributed by atoms with Crippen molar-refractivity contribution in [3.63, 3.8) is 0 Å². The van der Waals surface area contributed by atoms with Gasteiger partial charge in [-0.3, -0.25) is 33.7 Å². The molecule has 4 rings (SSSR count). The second-order valence-corrected chi connectivity index (χ2v) is 10.6. The number of aliphatic hydroxyl groups excluding tert-OH is 1. The van der Waals surface area contributed by atoms with Crippen molar-refractivity contribution in [3.8, 4) is 11.5 Å². The summed E-state index contributed by atoms with van der Waals surface area (Å²) in [7, 11) is 2.81. The Morgan fingerprint density at radius 2 is 1.71 bits per heavy atom. The molecule has 0 radical (unpaired) electrons. The van der Waals surface area contributed by atoms with Gasteiger partial charge in [-0.25, -0.2) is 0 Å². The molecule has 2 saturated carbocycles. The van der Waals surface area contributed by atoms with Gasteiger partial charge in [-0.2, -0.15) is 0 Å². The van der Waals surface area contributed by atoms with Crippen LogP contribution in [0, 0.1) is 23.7 Å². The third-order valence-electron chi connectivity index (χ3n) is 8.46. The number of nitrogens with zero attached hydrogens (tertiary/aromatic N) is 1. The summed E-state index contributed by atoms with van der Waals surface area (Å²) >= 11 is 0. The average Bonchev–Trinajstić information content (AvgIpc) is 2.83. The van der Waals surface area contributed by atoms with Crippen molar-refractivity contribution in [2.24, 2.45) is 29.4 Å². The summed E-state index contributed by atoms with van der Waals surface area (Å²) < 4.78 is 0. The Morgan fingerprint density at radius 3 is 2.24 bits per heavy atom. The third-order valence-corrected chi connectivity index (χ3v) is 8.46. The number of ketones is 5. The smallest absolute Gasteiger partial charge is 0.235 e. The predicted molar refractivity (Wildman–Crippen MR) is 128 cm³/mol. The molecule has 0 aliphatic heterocycles. The van der Waals surface area contributed by atoms with Crippen molar-refractivity contribution in [2.45, 2.75) is 50.4 Å². The molecule has 2 fully saturated rings. The van der Waals surface area contributed by atoms with Crippen molar-refractivity contribution in [1.82, 2.24) is 4.90 Å². The van der Waals surface area contributed by atoms with Gasteiger partial charge in [0.05, 0.1) is 29.5 Å². The maximum atomic E-state index is 13.9. The molecule has 12 nitrogen and oxygen atoms in total. The zero-order valence-corrected chi connectivity index (χ0v) is 21.3. The van der Waals surface area contributed by atoms with Crippen LogP contribution in [0.15, 0.2) is 6.07 Å². The number of likely N-dealkylation sites (N-methyl/N-ethyl adjacent to an activating group) is 1. The van der Waals surface area contributed by atoms with Gasteiger partial charge in [0, 0.05) is 24.3 Å². The Bertz CT molecular complexity index is 1300. The Morgan fingerprint density at radius 1 is 1.11 bits per heavy atom. The van der Waals surface area contributed by atoms with Crippen molar-refractivity contribution in [3.05, 3.63) is 22.8 Å². The summed E-state index contributed by atoms with van der Waals surface area (Å²) in [6, 6.07) is -0.281. The molecule has 2 unspecified atom stereocenters. The number of phenolic OH excluding ortho intramolecular Hbond substituents is 2. The topological polar surface area (TPSA) is 213 Å². The van der Waals surface area contributed by atoms with Gasteiger partial charge in [0.1, 0.15) is 17.3 Å². The minimum atomic E-state index is -3.09. The normalized spacial score (nSPS) is 34.6. The number of fused-ring (bicyclic) bond motifs is 3. The number of hydrogen-bond donors (Lipinski definition) is 5. The van der Waals surface area contributed by atoms with Crippen LogP contribution in [-0.4, -0.2) is 92.0 Å². The summed E-state index contributed by atoms with van der Waals surface area (Å²) in [6.45, 7) is 3.11. The number of aliphatic hydroxyl groups is 2. The molecule has 12 heteroatoms. The second kappa shape index (κ2) is 9.07. The molecule has 1 amide bonds. The Hall–Kier alpha value is -3.48. The van der Waals surface area contributed by atoms with E-state index in [1.807, 2.05) is 0 Å². The van der Waals surface area contributed by atoms with E-state index in [1.165, 1.54) is 32.0 Å². The minimum absolute atomic E-state index is 0.0962. The maximum absolute atomic E-state index is 13.9. The maximum Gasteiger partial charge on any atom is 0.235 e. The van der Waals surface area contributed by atoms with Gasteiger partial charge in [0.25, 0.3) is 0 Å². The predicted octanol–water partition coefficient (Wildman–Crippen LogP) is -1.37. The minimum Gasteiger partial charge on any atom is -0.508 e. The Kier molecular flexibility index (Phi) is 6.58. The lowest BCUT2D eigenvalue weighted by atomic mass is 9.49. The standard InChI is InChI=1S/C26H30N2O10/c1-5-9(29)6-11-12(30)7-10-8(2)13-15(20(32)14(10)19(11)31)23(35)26(38)17(21(13)33)18(28(3)4)22(34)16(24(26)36)25(27)37/h7-8,13,15-18,21,30-31,33,38H,5-6H2,1-4H3,(H2,27,37)/t8-,13+,15?,16?,17+,18-,21-,26-/m1/s1. The highest BCUT2D eigenvalue weighted by Gasteiger charge is 2.72. The lowest BCUT2D eigenvalue weighted by Crippen LogP contribution is -2.77. The summed E-state index contributed by atoms with van der Waals surface area (Å²) in [4.78, 5) is 79.5. The fourth-order valence-electron chi connectivity index (χ4n) is 6.57. The van der Waals surface area contributed by atoms with Gasteiger partial charge in [0.15, 0.2) is 34.7 Å². The van der Waals surface area contributed by atoms with E-state index in [0.717, 1.165) is 0 Å². The SMILES string of the molecule is CCC(=O)Cc1c(O)cc2c(c1O)C(=O)C1C(=O)[C@@]3(O)C(=O)C(C(N)=O)C(=O)[C@H](N(C)C)[C@H]3[C@H](O)[C@H]1[C@@H]2C. The molecule has 0 heterocycles.